The van der Waals surface area contributed by atoms with Crippen LogP contribution in [-0.2, 0) is 4.74 Å². The SMILES string of the molecule is CC(C)(C)OC(=O)Nc1ncc(Cl)cc1C=O. The van der Waals surface area contributed by atoms with Gasteiger partial charge in [-0.3, -0.25) is 10.1 Å². The van der Waals surface area contributed by atoms with Gasteiger partial charge in [-0.05, 0) is 26.8 Å². The Bertz CT molecular complexity index is 441. The van der Waals surface area contributed by atoms with E-state index in [1.54, 1.807) is 20.8 Å². The molecule has 17 heavy (non-hydrogen) atoms. The molecule has 92 valence electrons. The number of hydrogen-bond acceptors (Lipinski definition) is 4. The van der Waals surface area contributed by atoms with E-state index >= 15 is 0 Å². The van der Waals surface area contributed by atoms with Crippen molar-refractivity contribution in [2.45, 2.75) is 26.4 Å². The summed E-state index contributed by atoms with van der Waals surface area (Å²) in [6.45, 7) is 5.22. The van der Waals surface area contributed by atoms with E-state index < -0.39 is 11.7 Å². The molecule has 1 aromatic rings. The molecule has 0 spiro atoms. The Morgan fingerprint density at radius 2 is 2.18 bits per heavy atom. The molecular weight excluding hydrogens is 244 g/mol. The number of amides is 1. The Balaban J connectivity index is 2.81. The molecular formula is C11H13ClN2O3. The molecule has 0 aliphatic heterocycles. The maximum absolute atomic E-state index is 11.5. The summed E-state index contributed by atoms with van der Waals surface area (Å²) in [5.41, 5.74) is -0.416. The van der Waals surface area contributed by atoms with E-state index in [1.165, 1.54) is 12.3 Å². The number of nitrogens with one attached hydrogen (secondary N) is 1. The number of carbonyl (C=O) groups is 2. The van der Waals surface area contributed by atoms with Gasteiger partial charge in [-0.2, -0.15) is 0 Å². The van der Waals surface area contributed by atoms with Crippen LogP contribution in [0.5, 0.6) is 0 Å². The van der Waals surface area contributed by atoms with Gasteiger partial charge in [-0.1, -0.05) is 11.6 Å². The molecule has 1 aromatic heterocycles. The van der Waals surface area contributed by atoms with Gasteiger partial charge in [0.05, 0.1) is 10.6 Å². The minimum absolute atomic E-state index is 0.124. The third-order valence-corrected chi connectivity index (χ3v) is 1.84. The molecule has 1 heterocycles. The maximum Gasteiger partial charge on any atom is 0.413 e. The fourth-order valence-electron chi connectivity index (χ4n) is 1.05. The Morgan fingerprint density at radius 1 is 1.53 bits per heavy atom. The molecule has 0 saturated carbocycles. The normalized spacial score (nSPS) is 10.8. The largest absolute Gasteiger partial charge is 0.444 e. The summed E-state index contributed by atoms with van der Waals surface area (Å²) in [5, 5.41) is 2.70. The number of ether oxygens (including phenoxy) is 1. The molecule has 0 fully saturated rings. The van der Waals surface area contributed by atoms with Crippen molar-refractivity contribution in [1.29, 1.82) is 0 Å². The zero-order valence-electron chi connectivity index (χ0n) is 9.78. The second kappa shape index (κ2) is 5.14. The Kier molecular flexibility index (Phi) is 4.07. The molecule has 1 N–H and O–H groups in total. The van der Waals surface area contributed by atoms with Crippen molar-refractivity contribution in [2.24, 2.45) is 0 Å². The van der Waals surface area contributed by atoms with E-state index in [0.717, 1.165) is 0 Å². The lowest BCUT2D eigenvalue weighted by molar-refractivity contribution is 0.0635. The van der Waals surface area contributed by atoms with Crippen LogP contribution in [0.2, 0.25) is 5.02 Å². The minimum atomic E-state index is -0.671. The van der Waals surface area contributed by atoms with Crippen molar-refractivity contribution in [3.05, 3.63) is 22.8 Å². The molecule has 1 amide bonds. The van der Waals surface area contributed by atoms with Crippen molar-refractivity contribution < 1.29 is 14.3 Å². The average Bonchev–Trinajstić information content (AvgIpc) is 2.17. The lowest BCUT2D eigenvalue weighted by atomic mass is 10.2. The molecule has 6 heteroatoms. The Morgan fingerprint density at radius 3 is 2.71 bits per heavy atom. The summed E-state index contributed by atoms with van der Waals surface area (Å²) in [6, 6.07) is 1.41. The highest BCUT2D eigenvalue weighted by Crippen LogP contribution is 2.16. The lowest BCUT2D eigenvalue weighted by Gasteiger charge is -2.19. The molecule has 0 atom stereocenters. The number of carbonyl (C=O) groups excluding carboxylic acids is 2. The van der Waals surface area contributed by atoms with Crippen molar-refractivity contribution in [3.8, 4) is 0 Å². The number of aromatic nitrogens is 1. The number of anilines is 1. The average molecular weight is 257 g/mol. The fraction of sp³-hybridized carbons (Fsp3) is 0.364. The number of halogens is 1. The lowest BCUT2D eigenvalue weighted by Crippen LogP contribution is -2.27. The molecule has 0 aromatic carbocycles. The van der Waals surface area contributed by atoms with Crippen LogP contribution < -0.4 is 5.32 Å². The molecule has 0 saturated heterocycles. The summed E-state index contributed by atoms with van der Waals surface area (Å²) >= 11 is 5.67. The first-order valence-electron chi connectivity index (χ1n) is 4.92. The summed E-state index contributed by atoms with van der Waals surface area (Å²) in [4.78, 5) is 26.1. The summed E-state index contributed by atoms with van der Waals surface area (Å²) in [7, 11) is 0. The zero-order chi connectivity index (χ0) is 13.1. The van der Waals surface area contributed by atoms with Crippen molar-refractivity contribution in [3.63, 3.8) is 0 Å². The molecule has 0 bridgehead atoms. The molecule has 0 aliphatic carbocycles. The van der Waals surface area contributed by atoms with E-state index in [0.29, 0.717) is 11.3 Å². The third kappa shape index (κ3) is 4.40. The first-order chi connectivity index (χ1) is 7.81. The number of hydrogen-bond donors (Lipinski definition) is 1. The first kappa shape index (κ1) is 13.4. The number of pyridine rings is 1. The second-order valence-electron chi connectivity index (χ2n) is 4.34. The summed E-state index contributed by atoms with van der Waals surface area (Å²) in [5.74, 6) is 0.124. The Hall–Kier alpha value is -1.62. The van der Waals surface area contributed by atoms with E-state index in [9.17, 15) is 9.59 Å². The predicted octanol–water partition coefficient (Wildman–Crippen LogP) is 2.89. The summed E-state index contributed by atoms with van der Waals surface area (Å²) in [6.07, 6.45) is 1.22. The van der Waals surface area contributed by atoms with Gasteiger partial charge in [-0.15, -0.1) is 0 Å². The molecule has 0 aliphatic rings. The number of aldehydes is 1. The van der Waals surface area contributed by atoms with Gasteiger partial charge in [0.2, 0.25) is 0 Å². The van der Waals surface area contributed by atoms with Gasteiger partial charge in [0.15, 0.2) is 6.29 Å². The van der Waals surface area contributed by atoms with E-state index in [4.69, 9.17) is 16.3 Å². The Labute approximate surface area is 104 Å². The molecule has 0 unspecified atom stereocenters. The van der Waals surface area contributed by atoms with Crippen molar-refractivity contribution in [1.82, 2.24) is 4.98 Å². The highest BCUT2D eigenvalue weighted by atomic mass is 35.5. The van der Waals surface area contributed by atoms with Crippen LogP contribution in [0.1, 0.15) is 31.1 Å². The van der Waals surface area contributed by atoms with Gasteiger partial charge in [0, 0.05) is 6.20 Å². The molecule has 0 radical (unpaired) electrons. The molecule has 5 nitrogen and oxygen atoms in total. The van der Waals surface area contributed by atoms with Gasteiger partial charge >= 0.3 is 6.09 Å². The topological polar surface area (TPSA) is 68.3 Å². The van der Waals surface area contributed by atoms with E-state index in [1.807, 2.05) is 0 Å². The van der Waals surface area contributed by atoms with Crippen LogP contribution >= 0.6 is 11.6 Å². The highest BCUT2D eigenvalue weighted by molar-refractivity contribution is 6.30. The maximum atomic E-state index is 11.5. The van der Waals surface area contributed by atoms with Gasteiger partial charge in [0.25, 0.3) is 0 Å². The first-order valence-corrected chi connectivity index (χ1v) is 5.30. The van der Waals surface area contributed by atoms with Gasteiger partial charge in [0.1, 0.15) is 11.4 Å². The monoisotopic (exact) mass is 256 g/mol. The van der Waals surface area contributed by atoms with Crippen LogP contribution in [0.15, 0.2) is 12.3 Å². The smallest absolute Gasteiger partial charge is 0.413 e. The van der Waals surface area contributed by atoms with Crippen LogP contribution in [0.3, 0.4) is 0 Å². The molecule has 1 rings (SSSR count). The van der Waals surface area contributed by atoms with Gasteiger partial charge < -0.3 is 4.74 Å². The van der Waals surface area contributed by atoms with Crippen LogP contribution in [0.4, 0.5) is 10.6 Å². The number of nitrogens with zero attached hydrogens (tertiary/aromatic N) is 1. The fourth-order valence-corrected chi connectivity index (χ4v) is 1.22. The van der Waals surface area contributed by atoms with Crippen LogP contribution in [0.25, 0.3) is 0 Å². The second-order valence-corrected chi connectivity index (χ2v) is 4.77. The van der Waals surface area contributed by atoms with Crippen molar-refractivity contribution in [2.75, 3.05) is 5.32 Å². The van der Waals surface area contributed by atoms with Crippen molar-refractivity contribution >= 4 is 29.8 Å². The van der Waals surface area contributed by atoms with E-state index in [-0.39, 0.29) is 11.4 Å². The van der Waals surface area contributed by atoms with Gasteiger partial charge in [-0.25, -0.2) is 9.78 Å². The minimum Gasteiger partial charge on any atom is -0.444 e. The highest BCUT2D eigenvalue weighted by Gasteiger charge is 2.17. The van der Waals surface area contributed by atoms with Crippen LogP contribution in [-0.4, -0.2) is 23.0 Å². The summed E-state index contributed by atoms with van der Waals surface area (Å²) < 4.78 is 5.03. The predicted molar refractivity (Wildman–Crippen MR) is 64.5 cm³/mol. The quantitative estimate of drug-likeness (QED) is 0.826. The zero-order valence-corrected chi connectivity index (χ0v) is 10.5. The third-order valence-electron chi connectivity index (χ3n) is 1.63. The standard InChI is InChI=1S/C11H13ClN2O3/c1-11(2,3)17-10(16)14-9-7(6-15)4-8(12)5-13-9/h4-6H,1-3H3,(H,13,14,16). The van der Waals surface area contributed by atoms with E-state index in [2.05, 4.69) is 10.3 Å². The number of rotatable bonds is 2. The van der Waals surface area contributed by atoms with Crippen LogP contribution in [0, 0.1) is 0 Å².